The molecule has 1 N–H and O–H groups in total. The molecule has 2 aromatic heterocycles. The van der Waals surface area contributed by atoms with Crippen LogP contribution in [0.5, 0.6) is 0 Å². The summed E-state index contributed by atoms with van der Waals surface area (Å²) >= 11 is 6.40. The van der Waals surface area contributed by atoms with E-state index in [-0.39, 0.29) is 0 Å². The highest BCUT2D eigenvalue weighted by atomic mass is 35.5. The van der Waals surface area contributed by atoms with E-state index >= 15 is 0 Å². The number of halogens is 1. The maximum atomic E-state index is 6.40. The van der Waals surface area contributed by atoms with Crippen LogP contribution in [-0.4, -0.2) is 42.8 Å². The molecule has 0 aromatic carbocycles. The number of ether oxygens (including phenoxy) is 1. The van der Waals surface area contributed by atoms with E-state index in [0.29, 0.717) is 11.1 Å². The van der Waals surface area contributed by atoms with Crippen LogP contribution in [0.15, 0.2) is 24.5 Å². The van der Waals surface area contributed by atoms with Crippen molar-refractivity contribution >= 4 is 23.2 Å². The third kappa shape index (κ3) is 3.06. The van der Waals surface area contributed by atoms with Crippen molar-refractivity contribution < 1.29 is 4.74 Å². The summed E-state index contributed by atoms with van der Waals surface area (Å²) in [6.07, 6.45) is 6.67. The number of nitrogens with zero attached hydrogens (tertiary/aromatic N) is 3. The molecule has 2 aliphatic rings. The molecule has 5 nitrogen and oxygen atoms in total. The number of anilines is 2. The number of nitrogens with one attached hydrogen (secondary N) is 1. The number of fused-ring (bicyclic) bond motifs is 1. The normalized spacial score (nSPS) is 17.8. The van der Waals surface area contributed by atoms with Crippen molar-refractivity contribution in [2.24, 2.45) is 0 Å². The lowest BCUT2D eigenvalue weighted by atomic mass is 10.1. The van der Waals surface area contributed by atoms with Crippen LogP contribution in [0, 0.1) is 0 Å². The summed E-state index contributed by atoms with van der Waals surface area (Å²) in [7, 11) is 2.08. The van der Waals surface area contributed by atoms with Crippen LogP contribution in [-0.2, 0) is 11.2 Å². The number of hydrogen-bond acceptors (Lipinski definition) is 5. The van der Waals surface area contributed by atoms with Gasteiger partial charge in [0.05, 0.1) is 5.02 Å². The predicted octanol–water partition coefficient (Wildman–Crippen LogP) is 3.38. The van der Waals surface area contributed by atoms with Crippen LogP contribution in [0.1, 0.15) is 18.4 Å². The van der Waals surface area contributed by atoms with Crippen LogP contribution >= 0.6 is 11.6 Å². The predicted molar refractivity (Wildman–Crippen MR) is 96.9 cm³/mol. The Bertz CT molecular complexity index is 746. The fraction of sp³-hybridized carbons (Fsp3) is 0.444. The van der Waals surface area contributed by atoms with Crippen molar-refractivity contribution in [2.75, 3.05) is 37.0 Å². The molecule has 0 unspecified atom stereocenters. The van der Waals surface area contributed by atoms with Gasteiger partial charge in [0.25, 0.3) is 0 Å². The van der Waals surface area contributed by atoms with Crippen molar-refractivity contribution in [3.8, 4) is 11.1 Å². The maximum absolute atomic E-state index is 6.40. The lowest BCUT2D eigenvalue weighted by Gasteiger charge is -2.23. The first-order valence-electron chi connectivity index (χ1n) is 8.41. The van der Waals surface area contributed by atoms with E-state index in [1.165, 1.54) is 5.56 Å². The Morgan fingerprint density at radius 3 is 2.88 bits per heavy atom. The van der Waals surface area contributed by atoms with E-state index < -0.39 is 0 Å². The number of hydrogen-bond donors (Lipinski definition) is 1. The summed E-state index contributed by atoms with van der Waals surface area (Å²) < 4.78 is 5.41. The zero-order chi connectivity index (χ0) is 16.5. The van der Waals surface area contributed by atoms with Gasteiger partial charge in [-0.1, -0.05) is 11.6 Å². The molecule has 6 heteroatoms. The minimum Gasteiger partial charge on any atom is -0.381 e. The smallest absolute Gasteiger partial charge is 0.131 e. The molecule has 1 fully saturated rings. The number of likely N-dealkylation sites (N-methyl/N-ethyl adjacent to an activating group) is 1. The molecule has 24 heavy (non-hydrogen) atoms. The highest BCUT2D eigenvalue weighted by Gasteiger charge is 2.19. The monoisotopic (exact) mass is 344 g/mol. The molecular formula is C18H21ClN4O. The van der Waals surface area contributed by atoms with Crippen LogP contribution in [0.3, 0.4) is 0 Å². The average Bonchev–Trinajstić information content (AvgIpc) is 2.98. The Morgan fingerprint density at radius 1 is 1.21 bits per heavy atom. The van der Waals surface area contributed by atoms with Gasteiger partial charge in [0.2, 0.25) is 0 Å². The zero-order valence-electron chi connectivity index (χ0n) is 13.8. The van der Waals surface area contributed by atoms with Gasteiger partial charge < -0.3 is 15.0 Å². The summed E-state index contributed by atoms with van der Waals surface area (Å²) in [5.74, 6) is 1.93. The van der Waals surface area contributed by atoms with Gasteiger partial charge in [0.15, 0.2) is 0 Å². The fourth-order valence-corrected chi connectivity index (χ4v) is 3.57. The zero-order valence-corrected chi connectivity index (χ0v) is 14.5. The van der Waals surface area contributed by atoms with Gasteiger partial charge >= 0.3 is 0 Å². The summed E-state index contributed by atoms with van der Waals surface area (Å²) in [5.41, 5.74) is 3.30. The Kier molecular flexibility index (Phi) is 4.29. The maximum Gasteiger partial charge on any atom is 0.131 e. The van der Waals surface area contributed by atoms with Gasteiger partial charge in [-0.3, -0.25) is 0 Å². The first-order valence-corrected chi connectivity index (χ1v) is 8.79. The van der Waals surface area contributed by atoms with Crippen molar-refractivity contribution in [2.45, 2.75) is 25.3 Å². The first-order chi connectivity index (χ1) is 11.7. The molecule has 126 valence electrons. The molecule has 2 aromatic rings. The molecule has 0 aliphatic carbocycles. The molecule has 2 aliphatic heterocycles. The summed E-state index contributed by atoms with van der Waals surface area (Å²) in [6.45, 7) is 2.63. The third-order valence-corrected chi connectivity index (χ3v) is 5.06. The molecule has 4 heterocycles. The van der Waals surface area contributed by atoms with Gasteiger partial charge in [0, 0.05) is 56.4 Å². The van der Waals surface area contributed by atoms with E-state index in [4.69, 9.17) is 16.3 Å². The molecule has 0 radical (unpaired) electrons. The second-order valence-corrected chi connectivity index (χ2v) is 6.87. The summed E-state index contributed by atoms with van der Waals surface area (Å²) in [4.78, 5) is 11.2. The SMILES string of the molecule is CN1CCc2cc(-c3cc(NC4CCOCC4)ncc3Cl)cnc21. The summed E-state index contributed by atoms with van der Waals surface area (Å²) in [6, 6.07) is 4.64. The van der Waals surface area contributed by atoms with E-state index in [0.717, 1.165) is 61.8 Å². The Hall–Kier alpha value is -1.85. The average molecular weight is 345 g/mol. The standard InChI is InChI=1S/C18H21ClN4O/c1-23-5-2-12-8-13(10-21-18(12)23)15-9-17(20-11-16(15)19)22-14-3-6-24-7-4-14/h8-11,14H,2-7H2,1H3,(H,20,22). The molecule has 4 rings (SSSR count). The van der Waals surface area contributed by atoms with E-state index in [1.807, 2.05) is 12.3 Å². The van der Waals surface area contributed by atoms with Gasteiger partial charge in [-0.05, 0) is 37.0 Å². The van der Waals surface area contributed by atoms with E-state index in [2.05, 4.69) is 33.3 Å². The van der Waals surface area contributed by atoms with Crippen molar-refractivity contribution in [1.82, 2.24) is 9.97 Å². The topological polar surface area (TPSA) is 50.3 Å². The molecule has 0 amide bonds. The van der Waals surface area contributed by atoms with E-state index in [1.54, 1.807) is 6.20 Å². The van der Waals surface area contributed by atoms with Gasteiger partial charge in [0.1, 0.15) is 11.6 Å². The largest absolute Gasteiger partial charge is 0.381 e. The van der Waals surface area contributed by atoms with Gasteiger partial charge in [-0.2, -0.15) is 0 Å². The lowest BCUT2D eigenvalue weighted by molar-refractivity contribution is 0.0904. The number of rotatable bonds is 3. The van der Waals surface area contributed by atoms with E-state index in [9.17, 15) is 0 Å². The molecule has 0 bridgehead atoms. The minimum atomic E-state index is 0.409. The Morgan fingerprint density at radius 2 is 2.04 bits per heavy atom. The second kappa shape index (κ2) is 6.57. The van der Waals surface area contributed by atoms with Gasteiger partial charge in [-0.15, -0.1) is 0 Å². The molecular weight excluding hydrogens is 324 g/mol. The van der Waals surface area contributed by atoms with Crippen molar-refractivity contribution in [1.29, 1.82) is 0 Å². The summed E-state index contributed by atoms with van der Waals surface area (Å²) in [5, 5.41) is 4.15. The Balaban J connectivity index is 1.61. The number of pyridine rings is 2. The van der Waals surface area contributed by atoms with Crippen molar-refractivity contribution in [3.63, 3.8) is 0 Å². The van der Waals surface area contributed by atoms with Crippen LogP contribution in [0.4, 0.5) is 11.6 Å². The lowest BCUT2D eigenvalue weighted by Crippen LogP contribution is -2.28. The van der Waals surface area contributed by atoms with Crippen LogP contribution < -0.4 is 10.2 Å². The minimum absolute atomic E-state index is 0.409. The fourth-order valence-electron chi connectivity index (χ4n) is 3.36. The second-order valence-electron chi connectivity index (χ2n) is 6.46. The molecule has 0 atom stereocenters. The highest BCUT2D eigenvalue weighted by Crippen LogP contribution is 2.33. The van der Waals surface area contributed by atoms with Crippen LogP contribution in [0.25, 0.3) is 11.1 Å². The van der Waals surface area contributed by atoms with Gasteiger partial charge in [-0.25, -0.2) is 9.97 Å². The number of aromatic nitrogens is 2. The first kappa shape index (κ1) is 15.7. The molecule has 1 saturated heterocycles. The third-order valence-electron chi connectivity index (χ3n) is 4.76. The highest BCUT2D eigenvalue weighted by molar-refractivity contribution is 6.33. The molecule has 0 spiro atoms. The van der Waals surface area contributed by atoms with Crippen LogP contribution in [0.2, 0.25) is 5.02 Å². The molecule has 0 saturated carbocycles. The van der Waals surface area contributed by atoms with Crippen molar-refractivity contribution in [3.05, 3.63) is 35.1 Å². The quantitative estimate of drug-likeness (QED) is 0.925. The Labute approximate surface area is 147 Å².